The SMILES string of the molecule is O=c1cc(-c2cccc(F)c2)c2ccc(Sc3ncc(C(O)(C(F)(F)F)C(F)(F)F)s3)cc2o1. The molecule has 4 rings (SSSR count). The first-order valence-electron chi connectivity index (χ1n) is 9.13. The van der Waals surface area contributed by atoms with Gasteiger partial charge in [-0.25, -0.2) is 14.2 Å². The van der Waals surface area contributed by atoms with E-state index in [9.17, 15) is 40.6 Å². The van der Waals surface area contributed by atoms with Crippen LogP contribution in [0.5, 0.6) is 0 Å². The van der Waals surface area contributed by atoms with Crippen molar-refractivity contribution in [3.05, 3.63) is 75.8 Å². The maximum atomic E-state index is 13.6. The van der Waals surface area contributed by atoms with Gasteiger partial charge >= 0.3 is 18.0 Å². The summed E-state index contributed by atoms with van der Waals surface area (Å²) in [6.45, 7) is 0. The van der Waals surface area contributed by atoms with Crippen LogP contribution in [-0.2, 0) is 5.60 Å². The van der Waals surface area contributed by atoms with E-state index in [1.54, 1.807) is 6.07 Å². The molecule has 0 aliphatic carbocycles. The van der Waals surface area contributed by atoms with Gasteiger partial charge in [-0.2, -0.15) is 26.3 Å². The molecule has 0 amide bonds. The van der Waals surface area contributed by atoms with Gasteiger partial charge in [-0.15, -0.1) is 11.3 Å². The second-order valence-corrected chi connectivity index (χ2v) is 9.30. The molecule has 0 fully saturated rings. The largest absolute Gasteiger partial charge is 0.431 e. The van der Waals surface area contributed by atoms with E-state index in [2.05, 4.69) is 4.98 Å². The molecule has 1 N–H and O–H groups in total. The van der Waals surface area contributed by atoms with Crippen LogP contribution in [-0.4, -0.2) is 22.4 Å². The molecule has 4 aromatic rings. The summed E-state index contributed by atoms with van der Waals surface area (Å²) < 4.78 is 97.0. The number of aliphatic hydroxyl groups is 1. The van der Waals surface area contributed by atoms with Crippen LogP contribution in [0.4, 0.5) is 30.7 Å². The van der Waals surface area contributed by atoms with Crippen LogP contribution in [0.15, 0.2) is 73.2 Å². The Hall–Kier alpha value is -2.90. The Morgan fingerprint density at radius 2 is 1.68 bits per heavy atom. The predicted molar refractivity (Wildman–Crippen MR) is 110 cm³/mol. The van der Waals surface area contributed by atoms with Gasteiger partial charge in [0.2, 0.25) is 0 Å². The van der Waals surface area contributed by atoms with E-state index in [4.69, 9.17) is 4.42 Å². The summed E-state index contributed by atoms with van der Waals surface area (Å²) in [6, 6.07) is 11.0. The third kappa shape index (κ3) is 4.30. The summed E-state index contributed by atoms with van der Waals surface area (Å²) in [5.41, 5.74) is -4.96. The highest BCUT2D eigenvalue weighted by Crippen LogP contribution is 2.52. The topological polar surface area (TPSA) is 63.3 Å². The van der Waals surface area contributed by atoms with Crippen LogP contribution < -0.4 is 5.63 Å². The van der Waals surface area contributed by atoms with Crippen molar-refractivity contribution >= 4 is 34.1 Å². The first kappa shape index (κ1) is 24.2. The van der Waals surface area contributed by atoms with Crippen molar-refractivity contribution in [2.45, 2.75) is 27.2 Å². The fourth-order valence-electron chi connectivity index (χ4n) is 3.11. The third-order valence-corrected chi connectivity index (χ3v) is 6.89. The molecule has 0 radical (unpaired) electrons. The number of alkyl halides is 6. The molecule has 0 bridgehead atoms. The maximum Gasteiger partial charge on any atom is 0.431 e. The number of thiazole rings is 1. The summed E-state index contributed by atoms with van der Waals surface area (Å²) in [4.78, 5) is 14.4. The zero-order valence-electron chi connectivity index (χ0n) is 16.4. The molecule has 0 saturated carbocycles. The maximum absolute atomic E-state index is 13.6. The van der Waals surface area contributed by atoms with Crippen LogP contribution in [0, 0.1) is 5.82 Å². The molecule has 178 valence electrons. The van der Waals surface area contributed by atoms with E-state index in [1.807, 2.05) is 0 Å². The van der Waals surface area contributed by atoms with Gasteiger partial charge in [0.1, 0.15) is 11.4 Å². The van der Waals surface area contributed by atoms with Gasteiger partial charge in [0.25, 0.3) is 5.60 Å². The molecule has 2 aromatic heterocycles. The Morgan fingerprint density at radius 1 is 0.971 bits per heavy atom. The van der Waals surface area contributed by atoms with Gasteiger partial charge in [0, 0.05) is 22.5 Å². The van der Waals surface area contributed by atoms with Crippen molar-refractivity contribution in [3.63, 3.8) is 0 Å². The lowest BCUT2D eigenvalue weighted by molar-refractivity contribution is -0.375. The van der Waals surface area contributed by atoms with Crippen molar-refractivity contribution < 1.29 is 40.3 Å². The van der Waals surface area contributed by atoms with Crippen LogP contribution in [0.1, 0.15) is 4.88 Å². The molecule has 0 atom stereocenters. The lowest BCUT2D eigenvalue weighted by Gasteiger charge is -2.30. The zero-order chi connectivity index (χ0) is 24.9. The van der Waals surface area contributed by atoms with Crippen molar-refractivity contribution in [1.29, 1.82) is 0 Å². The molecule has 4 nitrogen and oxygen atoms in total. The number of benzene rings is 2. The predicted octanol–water partition coefficient (Wildman–Crippen LogP) is 6.52. The number of halogens is 7. The molecule has 0 spiro atoms. The van der Waals surface area contributed by atoms with E-state index in [-0.39, 0.29) is 26.2 Å². The number of hydrogen-bond acceptors (Lipinski definition) is 6. The molecule has 0 aliphatic rings. The first-order chi connectivity index (χ1) is 15.8. The van der Waals surface area contributed by atoms with Gasteiger partial charge in [0.05, 0.1) is 4.88 Å². The standard InChI is InChI=1S/C21H10F7NO3S2/c22-11-3-1-2-10(6-11)14-8-17(30)32-15-7-12(4-5-13(14)15)33-18-29-9-16(34-18)19(31,20(23,24)25)21(26,27)28/h1-9,31H. The van der Waals surface area contributed by atoms with Crippen LogP contribution in [0.25, 0.3) is 22.1 Å². The quantitative estimate of drug-likeness (QED) is 0.245. The molecule has 13 heteroatoms. The smallest absolute Gasteiger partial charge is 0.423 e. The first-order valence-corrected chi connectivity index (χ1v) is 10.8. The summed E-state index contributed by atoms with van der Waals surface area (Å²) >= 11 is 0.737. The molecule has 0 saturated heterocycles. The molecular weight excluding hydrogens is 511 g/mol. The molecule has 0 unspecified atom stereocenters. The number of fused-ring (bicyclic) bond motifs is 1. The molecular formula is C21H10F7NO3S2. The molecule has 34 heavy (non-hydrogen) atoms. The Balaban J connectivity index is 1.71. The minimum Gasteiger partial charge on any atom is -0.423 e. The number of hydrogen-bond donors (Lipinski definition) is 1. The van der Waals surface area contributed by atoms with Gasteiger partial charge in [-0.05, 0) is 41.5 Å². The summed E-state index contributed by atoms with van der Waals surface area (Å²) in [5.74, 6) is -0.525. The van der Waals surface area contributed by atoms with E-state index in [0.29, 0.717) is 34.5 Å². The summed E-state index contributed by atoms with van der Waals surface area (Å²) in [5, 5.41) is 9.93. The Bertz CT molecular complexity index is 1410. The zero-order valence-corrected chi connectivity index (χ0v) is 18.0. The summed E-state index contributed by atoms with van der Waals surface area (Å²) in [6.07, 6.45) is -11.7. The van der Waals surface area contributed by atoms with Crippen molar-refractivity contribution in [3.8, 4) is 11.1 Å². The normalized spacial score (nSPS) is 12.9. The monoisotopic (exact) mass is 521 g/mol. The third-order valence-electron chi connectivity index (χ3n) is 4.72. The second kappa shape index (κ2) is 8.40. The van der Waals surface area contributed by atoms with E-state index < -0.39 is 34.3 Å². The van der Waals surface area contributed by atoms with Gasteiger partial charge in [-0.1, -0.05) is 23.9 Å². The Labute approximate surface area is 193 Å². The van der Waals surface area contributed by atoms with E-state index in [0.717, 1.165) is 0 Å². The van der Waals surface area contributed by atoms with Crippen LogP contribution >= 0.6 is 23.1 Å². The van der Waals surface area contributed by atoms with Crippen molar-refractivity contribution in [1.82, 2.24) is 4.98 Å². The van der Waals surface area contributed by atoms with Gasteiger partial charge in [0.15, 0.2) is 4.34 Å². The minimum absolute atomic E-state index is 0.0264. The van der Waals surface area contributed by atoms with Crippen LogP contribution in [0.3, 0.4) is 0 Å². The fourth-order valence-corrected chi connectivity index (χ4v) is 5.23. The highest BCUT2D eigenvalue weighted by atomic mass is 32.2. The van der Waals surface area contributed by atoms with Gasteiger partial charge in [-0.3, -0.25) is 0 Å². The molecule has 2 heterocycles. The Kier molecular flexibility index (Phi) is 5.98. The lowest BCUT2D eigenvalue weighted by atomic mass is 10.0. The highest BCUT2D eigenvalue weighted by molar-refractivity contribution is 8.01. The number of nitrogens with zero attached hydrogens (tertiary/aromatic N) is 1. The van der Waals surface area contributed by atoms with Crippen LogP contribution in [0.2, 0.25) is 0 Å². The number of aromatic nitrogens is 1. The lowest BCUT2D eigenvalue weighted by Crippen LogP contribution is -2.53. The van der Waals surface area contributed by atoms with Crippen molar-refractivity contribution in [2.24, 2.45) is 0 Å². The van der Waals surface area contributed by atoms with E-state index in [1.165, 1.54) is 42.5 Å². The molecule has 0 aliphatic heterocycles. The fraction of sp³-hybridized carbons (Fsp3) is 0.143. The average molecular weight is 521 g/mol. The average Bonchev–Trinajstić information content (AvgIpc) is 3.19. The molecule has 2 aromatic carbocycles. The van der Waals surface area contributed by atoms with Crippen molar-refractivity contribution in [2.75, 3.05) is 0 Å². The highest BCUT2D eigenvalue weighted by Gasteiger charge is 2.72. The minimum atomic E-state index is -6.01. The summed E-state index contributed by atoms with van der Waals surface area (Å²) in [7, 11) is 0. The Morgan fingerprint density at radius 3 is 2.32 bits per heavy atom. The second-order valence-electron chi connectivity index (χ2n) is 6.95. The van der Waals surface area contributed by atoms with Gasteiger partial charge < -0.3 is 9.52 Å². The number of rotatable bonds is 4. The van der Waals surface area contributed by atoms with E-state index >= 15 is 0 Å².